The quantitative estimate of drug-likeness (QED) is 0.588. The van der Waals surface area contributed by atoms with Crippen LogP contribution in [0.1, 0.15) is 26.2 Å². The minimum atomic E-state index is -3.96. The fourth-order valence-electron chi connectivity index (χ4n) is 1.06. The summed E-state index contributed by atoms with van der Waals surface area (Å²) in [5.74, 6) is -0.937. The zero-order valence-electron chi connectivity index (χ0n) is 9.60. The summed E-state index contributed by atoms with van der Waals surface area (Å²) < 4.78 is 30.5. The van der Waals surface area contributed by atoms with Crippen LogP contribution in [0.15, 0.2) is 0 Å². The van der Waals surface area contributed by atoms with Gasteiger partial charge in [0.05, 0.1) is 7.11 Å². The van der Waals surface area contributed by atoms with E-state index < -0.39 is 28.3 Å². The standard InChI is InChI=1S/C8H16N2O6S/c1-6(4-3-5-7(11)12)9-17(14,15)10-8(13)16-2/h6,9H,3-5H2,1-2H3,(H,10,13)(H,11,12). The molecule has 0 aromatic rings. The monoisotopic (exact) mass is 268 g/mol. The van der Waals surface area contributed by atoms with Crippen molar-refractivity contribution in [1.82, 2.24) is 9.44 Å². The average Bonchev–Trinajstić information content (AvgIpc) is 2.15. The van der Waals surface area contributed by atoms with E-state index in [2.05, 4.69) is 9.46 Å². The number of carboxylic acid groups (broad SMARTS) is 1. The van der Waals surface area contributed by atoms with Crippen molar-refractivity contribution in [2.45, 2.75) is 32.2 Å². The van der Waals surface area contributed by atoms with E-state index in [4.69, 9.17) is 5.11 Å². The molecule has 17 heavy (non-hydrogen) atoms. The van der Waals surface area contributed by atoms with Crippen LogP contribution in [-0.4, -0.2) is 38.7 Å². The molecule has 0 saturated heterocycles. The van der Waals surface area contributed by atoms with Gasteiger partial charge in [0.15, 0.2) is 0 Å². The van der Waals surface area contributed by atoms with Gasteiger partial charge in [0.2, 0.25) is 0 Å². The number of rotatable bonds is 7. The Labute approximate surface area is 99.5 Å². The van der Waals surface area contributed by atoms with Gasteiger partial charge in [-0.3, -0.25) is 4.79 Å². The van der Waals surface area contributed by atoms with Crippen molar-refractivity contribution in [2.24, 2.45) is 0 Å². The van der Waals surface area contributed by atoms with Gasteiger partial charge < -0.3 is 9.84 Å². The molecule has 0 heterocycles. The van der Waals surface area contributed by atoms with Gasteiger partial charge in [0.1, 0.15) is 0 Å². The first kappa shape index (κ1) is 15.7. The number of amides is 1. The van der Waals surface area contributed by atoms with Gasteiger partial charge >= 0.3 is 22.3 Å². The molecular formula is C8H16N2O6S. The number of nitrogens with one attached hydrogen (secondary N) is 2. The summed E-state index contributed by atoms with van der Waals surface area (Å²) in [4.78, 5) is 20.9. The molecule has 0 aromatic carbocycles. The fourth-order valence-corrected chi connectivity index (χ4v) is 2.07. The number of methoxy groups -OCH3 is 1. The Morgan fingerprint density at radius 3 is 2.47 bits per heavy atom. The minimum absolute atomic E-state index is 0.0313. The molecule has 8 nitrogen and oxygen atoms in total. The van der Waals surface area contributed by atoms with E-state index in [9.17, 15) is 18.0 Å². The van der Waals surface area contributed by atoms with Crippen LogP contribution < -0.4 is 9.44 Å². The summed E-state index contributed by atoms with van der Waals surface area (Å²) in [6.45, 7) is 1.57. The van der Waals surface area contributed by atoms with E-state index in [1.165, 1.54) is 0 Å². The molecule has 9 heteroatoms. The molecule has 0 aliphatic carbocycles. The van der Waals surface area contributed by atoms with Crippen LogP contribution >= 0.6 is 0 Å². The highest BCUT2D eigenvalue weighted by molar-refractivity contribution is 7.88. The Bertz CT molecular complexity index is 366. The lowest BCUT2D eigenvalue weighted by molar-refractivity contribution is -0.137. The lowest BCUT2D eigenvalue weighted by Gasteiger charge is -2.13. The molecule has 3 N–H and O–H groups in total. The molecule has 0 rings (SSSR count). The maximum absolute atomic E-state index is 11.3. The number of carboxylic acids is 1. The molecule has 0 saturated carbocycles. The van der Waals surface area contributed by atoms with Gasteiger partial charge in [-0.25, -0.2) is 9.52 Å². The minimum Gasteiger partial charge on any atom is -0.481 e. The molecule has 0 bridgehead atoms. The van der Waals surface area contributed by atoms with Crippen molar-refractivity contribution < 1.29 is 27.9 Å². The predicted octanol–water partition coefficient (Wildman–Crippen LogP) is -0.180. The summed E-state index contributed by atoms with van der Waals surface area (Å²) >= 11 is 0. The second kappa shape index (κ2) is 7.07. The molecule has 1 atom stereocenters. The predicted molar refractivity (Wildman–Crippen MR) is 58.5 cm³/mol. The van der Waals surface area contributed by atoms with Gasteiger partial charge in [-0.2, -0.15) is 13.1 Å². The van der Waals surface area contributed by atoms with Crippen molar-refractivity contribution in [3.05, 3.63) is 0 Å². The molecule has 0 fully saturated rings. The van der Waals surface area contributed by atoms with Crippen LogP contribution in [-0.2, 0) is 19.7 Å². The number of ether oxygens (including phenoxy) is 1. The van der Waals surface area contributed by atoms with E-state index in [1.807, 2.05) is 0 Å². The largest absolute Gasteiger partial charge is 0.481 e. The van der Waals surface area contributed by atoms with Crippen LogP contribution in [0, 0.1) is 0 Å². The SMILES string of the molecule is COC(=O)NS(=O)(=O)NC(C)CCCC(=O)O. The third-order valence-corrected chi connectivity index (χ3v) is 2.94. The Kier molecular flexibility index (Phi) is 6.51. The molecule has 0 aromatic heterocycles. The summed E-state index contributed by atoms with van der Waals surface area (Å²) in [5, 5.41) is 8.40. The highest BCUT2D eigenvalue weighted by Gasteiger charge is 2.17. The number of carbonyl (C=O) groups is 2. The molecular weight excluding hydrogens is 252 g/mol. The molecule has 1 amide bonds. The van der Waals surface area contributed by atoms with E-state index in [0.717, 1.165) is 7.11 Å². The number of carbonyl (C=O) groups excluding carboxylic acids is 1. The summed E-state index contributed by atoms with van der Waals surface area (Å²) in [6.07, 6.45) is -0.419. The van der Waals surface area contributed by atoms with Gasteiger partial charge in [0.25, 0.3) is 0 Å². The highest BCUT2D eigenvalue weighted by atomic mass is 32.2. The van der Waals surface area contributed by atoms with Crippen molar-refractivity contribution in [3.8, 4) is 0 Å². The number of aliphatic carboxylic acids is 1. The Morgan fingerprint density at radius 2 is 2.00 bits per heavy atom. The third kappa shape index (κ3) is 8.46. The highest BCUT2D eigenvalue weighted by Crippen LogP contribution is 2.01. The van der Waals surface area contributed by atoms with Crippen LogP contribution in [0.25, 0.3) is 0 Å². The van der Waals surface area contributed by atoms with Crippen LogP contribution in [0.2, 0.25) is 0 Å². The summed E-state index contributed by atoms with van der Waals surface area (Å²) in [6, 6.07) is -0.475. The van der Waals surface area contributed by atoms with Crippen molar-refractivity contribution >= 4 is 22.3 Å². The first-order valence-corrected chi connectivity index (χ1v) is 6.35. The molecule has 0 radical (unpaired) electrons. The van der Waals surface area contributed by atoms with Crippen LogP contribution in [0.3, 0.4) is 0 Å². The second-order valence-electron chi connectivity index (χ2n) is 3.40. The number of hydrogen-bond acceptors (Lipinski definition) is 5. The topological polar surface area (TPSA) is 122 Å². The zero-order valence-corrected chi connectivity index (χ0v) is 10.4. The maximum atomic E-state index is 11.3. The lowest BCUT2D eigenvalue weighted by atomic mass is 10.1. The van der Waals surface area contributed by atoms with Crippen molar-refractivity contribution in [3.63, 3.8) is 0 Å². The van der Waals surface area contributed by atoms with Crippen molar-refractivity contribution in [2.75, 3.05) is 7.11 Å². The Morgan fingerprint density at radius 1 is 1.41 bits per heavy atom. The third-order valence-electron chi connectivity index (χ3n) is 1.79. The van der Waals surface area contributed by atoms with Gasteiger partial charge in [0, 0.05) is 12.5 Å². The fraction of sp³-hybridized carbons (Fsp3) is 0.750. The summed E-state index contributed by atoms with van der Waals surface area (Å²) in [7, 11) is -2.92. The van der Waals surface area contributed by atoms with E-state index >= 15 is 0 Å². The Balaban J connectivity index is 4.05. The van der Waals surface area contributed by atoms with E-state index in [0.29, 0.717) is 12.8 Å². The van der Waals surface area contributed by atoms with Gasteiger partial charge in [-0.15, -0.1) is 0 Å². The zero-order chi connectivity index (χ0) is 13.5. The first-order chi connectivity index (χ1) is 7.76. The van der Waals surface area contributed by atoms with E-state index in [-0.39, 0.29) is 6.42 Å². The molecule has 1 unspecified atom stereocenters. The molecule has 0 aliphatic rings. The molecule has 0 aliphatic heterocycles. The second-order valence-corrected chi connectivity index (χ2v) is 4.85. The average molecular weight is 268 g/mol. The smallest absolute Gasteiger partial charge is 0.421 e. The lowest BCUT2D eigenvalue weighted by Crippen LogP contribution is -2.44. The van der Waals surface area contributed by atoms with Crippen LogP contribution in [0.5, 0.6) is 0 Å². The molecule has 100 valence electrons. The van der Waals surface area contributed by atoms with Gasteiger partial charge in [-0.05, 0) is 19.8 Å². The first-order valence-electron chi connectivity index (χ1n) is 4.86. The van der Waals surface area contributed by atoms with Gasteiger partial charge in [-0.1, -0.05) is 0 Å². The normalized spacial score (nSPS) is 12.8. The van der Waals surface area contributed by atoms with E-state index in [1.54, 1.807) is 11.6 Å². The maximum Gasteiger partial charge on any atom is 0.421 e. The van der Waals surface area contributed by atoms with Crippen LogP contribution in [0.4, 0.5) is 4.79 Å². The Hall–Kier alpha value is -1.35. The number of hydrogen-bond donors (Lipinski definition) is 3. The molecule has 0 spiro atoms. The summed E-state index contributed by atoms with van der Waals surface area (Å²) in [5.41, 5.74) is 0. The van der Waals surface area contributed by atoms with Crippen molar-refractivity contribution in [1.29, 1.82) is 0 Å².